The molecule has 1 saturated heterocycles. The molecule has 0 aromatic carbocycles. The predicted molar refractivity (Wildman–Crippen MR) is 74.7 cm³/mol. The maximum absolute atomic E-state index is 12.5. The number of nitrogens with zero attached hydrogens (tertiary/aromatic N) is 3. The Labute approximate surface area is 121 Å². The predicted octanol–water partition coefficient (Wildman–Crippen LogP) is -0.146. The third kappa shape index (κ3) is 2.97. The van der Waals surface area contributed by atoms with Gasteiger partial charge in [-0.3, -0.25) is 4.79 Å². The molecule has 8 nitrogen and oxygen atoms in total. The first kappa shape index (κ1) is 15.3. The quantitative estimate of drug-likeness (QED) is 0.745. The van der Waals surface area contributed by atoms with Crippen LogP contribution in [-0.4, -0.2) is 48.0 Å². The minimum atomic E-state index is -3.67. The number of hydrogen-bond acceptors (Lipinski definition) is 7. The number of amides is 1. The van der Waals surface area contributed by atoms with Crippen LogP contribution in [0.4, 0.5) is 5.13 Å². The maximum Gasteiger partial charge on any atom is 0.272 e. The number of nitrogens with one attached hydrogen (secondary N) is 1. The Hall–Kier alpha value is -1.10. The summed E-state index contributed by atoms with van der Waals surface area (Å²) in [6.07, 6.45) is 0.743. The Balaban J connectivity index is 2.22. The monoisotopic (exact) mass is 319 g/mol. The summed E-state index contributed by atoms with van der Waals surface area (Å²) in [6, 6.07) is -0.110. The first-order valence-electron chi connectivity index (χ1n) is 6.17. The van der Waals surface area contributed by atoms with E-state index in [0.29, 0.717) is 13.1 Å². The first-order valence-corrected chi connectivity index (χ1v) is 8.43. The Bertz CT molecular complexity index is 600. The Morgan fingerprint density at radius 2 is 2.25 bits per heavy atom. The zero-order chi connectivity index (χ0) is 14.9. The van der Waals surface area contributed by atoms with Gasteiger partial charge in [0, 0.05) is 19.5 Å². The molecule has 2 heterocycles. The average Bonchev–Trinajstić information content (AvgIpc) is 2.95. The smallest absolute Gasteiger partial charge is 0.272 e. The van der Waals surface area contributed by atoms with E-state index in [-0.39, 0.29) is 27.3 Å². The third-order valence-electron chi connectivity index (χ3n) is 3.16. The summed E-state index contributed by atoms with van der Waals surface area (Å²) in [5.41, 5.74) is 5.60. The van der Waals surface area contributed by atoms with Gasteiger partial charge in [-0.05, 0) is 25.8 Å². The number of rotatable bonds is 4. The van der Waals surface area contributed by atoms with Crippen LogP contribution in [0.15, 0.2) is 4.34 Å². The lowest BCUT2D eigenvalue weighted by Crippen LogP contribution is -2.34. The van der Waals surface area contributed by atoms with E-state index in [9.17, 15) is 13.2 Å². The van der Waals surface area contributed by atoms with Crippen molar-refractivity contribution in [2.24, 2.45) is 11.7 Å². The van der Waals surface area contributed by atoms with Gasteiger partial charge < -0.3 is 11.1 Å². The fourth-order valence-electron chi connectivity index (χ4n) is 2.23. The van der Waals surface area contributed by atoms with Crippen LogP contribution in [0.25, 0.3) is 0 Å². The highest BCUT2D eigenvalue weighted by Crippen LogP contribution is 2.31. The molecule has 2 atom stereocenters. The van der Waals surface area contributed by atoms with Gasteiger partial charge in [-0.2, -0.15) is 4.31 Å². The second-order valence-corrected chi connectivity index (χ2v) is 7.86. The summed E-state index contributed by atoms with van der Waals surface area (Å²) in [5.74, 6) is -0.148. The number of aromatic nitrogens is 2. The van der Waals surface area contributed by atoms with E-state index < -0.39 is 10.0 Å². The molecule has 2 rings (SSSR count). The van der Waals surface area contributed by atoms with Gasteiger partial charge in [0.05, 0.1) is 0 Å². The molecule has 1 aliphatic rings. The minimum absolute atomic E-state index is 0.106. The van der Waals surface area contributed by atoms with Crippen LogP contribution in [0.5, 0.6) is 0 Å². The van der Waals surface area contributed by atoms with Crippen LogP contribution in [0.3, 0.4) is 0 Å². The second-order valence-electron chi connectivity index (χ2n) is 4.82. The molecule has 0 aliphatic carbocycles. The summed E-state index contributed by atoms with van der Waals surface area (Å²) in [4.78, 5) is 10.9. The molecule has 0 saturated carbocycles. The maximum atomic E-state index is 12.5. The summed E-state index contributed by atoms with van der Waals surface area (Å²) in [5, 5.41) is 9.93. The molecular weight excluding hydrogens is 302 g/mol. The molecule has 0 radical (unpaired) electrons. The van der Waals surface area contributed by atoms with Crippen molar-refractivity contribution >= 4 is 32.4 Å². The van der Waals surface area contributed by atoms with Crippen LogP contribution in [0.2, 0.25) is 0 Å². The largest absolute Gasteiger partial charge is 0.330 e. The summed E-state index contributed by atoms with van der Waals surface area (Å²) in [7, 11) is -3.67. The number of hydrogen-bond donors (Lipinski definition) is 2. The standard InChI is InChI=1S/C10H17N5O3S2/c1-6-3-8(4-11)5-15(6)20(17,18)10-14-13-9(19-10)12-7(2)16/h6,8H,3-5,11H2,1-2H3,(H,12,13,16). The summed E-state index contributed by atoms with van der Waals surface area (Å²) in [6.45, 7) is 4.03. The van der Waals surface area contributed by atoms with E-state index in [4.69, 9.17) is 5.73 Å². The van der Waals surface area contributed by atoms with Crippen molar-refractivity contribution in [3.63, 3.8) is 0 Å². The molecule has 1 amide bonds. The van der Waals surface area contributed by atoms with Crippen molar-refractivity contribution in [3.8, 4) is 0 Å². The van der Waals surface area contributed by atoms with Crippen molar-refractivity contribution in [2.75, 3.05) is 18.4 Å². The van der Waals surface area contributed by atoms with Gasteiger partial charge in [0.15, 0.2) is 0 Å². The number of carbonyl (C=O) groups is 1. The summed E-state index contributed by atoms with van der Waals surface area (Å²) >= 11 is 0.851. The van der Waals surface area contributed by atoms with E-state index >= 15 is 0 Å². The van der Waals surface area contributed by atoms with Crippen molar-refractivity contribution in [1.82, 2.24) is 14.5 Å². The Kier molecular flexibility index (Phi) is 4.37. The van der Waals surface area contributed by atoms with E-state index in [2.05, 4.69) is 15.5 Å². The van der Waals surface area contributed by atoms with Gasteiger partial charge in [-0.25, -0.2) is 8.42 Å². The van der Waals surface area contributed by atoms with Crippen LogP contribution >= 0.6 is 11.3 Å². The molecule has 2 unspecified atom stereocenters. The first-order chi connectivity index (χ1) is 9.34. The van der Waals surface area contributed by atoms with Crippen molar-refractivity contribution in [1.29, 1.82) is 0 Å². The molecule has 0 bridgehead atoms. The normalized spacial score (nSPS) is 23.9. The molecule has 0 spiro atoms. The molecule has 10 heteroatoms. The van der Waals surface area contributed by atoms with Gasteiger partial charge in [0.2, 0.25) is 15.4 Å². The minimum Gasteiger partial charge on any atom is -0.330 e. The lowest BCUT2D eigenvalue weighted by molar-refractivity contribution is -0.114. The van der Waals surface area contributed by atoms with E-state index in [0.717, 1.165) is 17.8 Å². The highest BCUT2D eigenvalue weighted by atomic mass is 32.2. The molecule has 1 aliphatic heterocycles. The number of anilines is 1. The van der Waals surface area contributed by atoms with E-state index in [1.54, 1.807) is 0 Å². The fraction of sp³-hybridized carbons (Fsp3) is 0.700. The topological polar surface area (TPSA) is 118 Å². The van der Waals surface area contributed by atoms with Crippen LogP contribution < -0.4 is 11.1 Å². The number of nitrogens with two attached hydrogens (primary N) is 1. The lowest BCUT2D eigenvalue weighted by atomic mass is 10.1. The van der Waals surface area contributed by atoms with Crippen LogP contribution in [0, 0.1) is 5.92 Å². The Morgan fingerprint density at radius 3 is 2.80 bits per heavy atom. The van der Waals surface area contributed by atoms with Crippen LogP contribution in [0.1, 0.15) is 20.3 Å². The van der Waals surface area contributed by atoms with Gasteiger partial charge >= 0.3 is 0 Å². The molecule has 112 valence electrons. The van der Waals surface area contributed by atoms with E-state index in [1.165, 1.54) is 11.2 Å². The zero-order valence-corrected chi connectivity index (χ0v) is 12.9. The summed E-state index contributed by atoms with van der Waals surface area (Å²) < 4.78 is 26.3. The molecule has 1 aromatic heterocycles. The second kappa shape index (κ2) is 5.72. The average molecular weight is 319 g/mol. The van der Waals surface area contributed by atoms with Gasteiger partial charge in [0.1, 0.15) is 0 Å². The van der Waals surface area contributed by atoms with E-state index in [1.807, 2.05) is 6.92 Å². The highest BCUT2D eigenvalue weighted by Gasteiger charge is 2.39. The van der Waals surface area contributed by atoms with Gasteiger partial charge in [0.25, 0.3) is 10.0 Å². The van der Waals surface area contributed by atoms with Crippen molar-refractivity contribution in [3.05, 3.63) is 0 Å². The molecular formula is C10H17N5O3S2. The highest BCUT2D eigenvalue weighted by molar-refractivity contribution is 7.91. The van der Waals surface area contributed by atoms with Gasteiger partial charge in [-0.1, -0.05) is 11.3 Å². The molecule has 1 fully saturated rings. The van der Waals surface area contributed by atoms with Gasteiger partial charge in [-0.15, -0.1) is 10.2 Å². The lowest BCUT2D eigenvalue weighted by Gasteiger charge is -2.18. The number of carbonyl (C=O) groups excluding carboxylic acids is 1. The third-order valence-corrected chi connectivity index (χ3v) is 6.32. The molecule has 20 heavy (non-hydrogen) atoms. The van der Waals surface area contributed by atoms with Crippen molar-refractivity contribution in [2.45, 2.75) is 30.6 Å². The van der Waals surface area contributed by atoms with Crippen LogP contribution in [-0.2, 0) is 14.8 Å². The molecule has 3 N–H and O–H groups in total. The molecule has 1 aromatic rings. The Morgan fingerprint density at radius 1 is 1.55 bits per heavy atom. The number of sulfonamides is 1. The van der Waals surface area contributed by atoms with Crippen molar-refractivity contribution < 1.29 is 13.2 Å². The fourth-order valence-corrected chi connectivity index (χ4v) is 5.01. The zero-order valence-electron chi connectivity index (χ0n) is 11.2. The SMILES string of the molecule is CC(=O)Nc1nnc(S(=O)(=O)N2CC(CN)CC2C)s1.